The highest BCUT2D eigenvalue weighted by Crippen LogP contribution is 2.30. The van der Waals surface area contributed by atoms with Crippen molar-refractivity contribution in [1.29, 1.82) is 0 Å². The van der Waals surface area contributed by atoms with Gasteiger partial charge in [0.15, 0.2) is 11.6 Å². The second-order valence-corrected chi connectivity index (χ2v) is 6.95. The summed E-state index contributed by atoms with van der Waals surface area (Å²) in [4.78, 5) is 0. The van der Waals surface area contributed by atoms with Crippen LogP contribution in [-0.2, 0) is 0 Å². The number of hydrogen-bond acceptors (Lipinski definition) is 1. The molecule has 0 fully saturated rings. The van der Waals surface area contributed by atoms with Gasteiger partial charge < -0.3 is 4.74 Å². The van der Waals surface area contributed by atoms with Crippen molar-refractivity contribution in [3.63, 3.8) is 0 Å². The van der Waals surface area contributed by atoms with Crippen LogP contribution in [0.15, 0.2) is 12.1 Å². The van der Waals surface area contributed by atoms with Gasteiger partial charge in [0.1, 0.15) is 0 Å². The molecule has 1 nitrogen and oxygen atoms in total. The minimum absolute atomic E-state index is 0.00969. The van der Waals surface area contributed by atoms with E-state index < -0.39 is 11.6 Å². The quantitative estimate of drug-likeness (QED) is 0.313. The molecule has 0 N–H and O–H groups in total. The molecular formula is C22H35F2O. The number of hydrogen-bond donors (Lipinski definition) is 0. The Morgan fingerprint density at radius 1 is 0.920 bits per heavy atom. The number of halogens is 2. The van der Waals surface area contributed by atoms with Crippen molar-refractivity contribution in [2.75, 3.05) is 6.61 Å². The highest BCUT2D eigenvalue weighted by Gasteiger charge is 2.18. The van der Waals surface area contributed by atoms with Crippen molar-refractivity contribution in [3.8, 4) is 5.75 Å². The van der Waals surface area contributed by atoms with Gasteiger partial charge in [-0.2, -0.15) is 4.39 Å². The monoisotopic (exact) mass is 353 g/mol. The molecule has 143 valence electrons. The summed E-state index contributed by atoms with van der Waals surface area (Å²) in [5.41, 5.74) is 0.455. The molecule has 0 spiro atoms. The largest absolute Gasteiger partial charge is 0.490 e. The summed E-state index contributed by atoms with van der Waals surface area (Å²) in [7, 11) is 0. The average molecular weight is 354 g/mol. The molecule has 1 aromatic rings. The molecule has 3 heteroatoms. The van der Waals surface area contributed by atoms with Gasteiger partial charge in [0, 0.05) is 0 Å². The molecule has 25 heavy (non-hydrogen) atoms. The van der Waals surface area contributed by atoms with Crippen LogP contribution < -0.4 is 4.74 Å². The van der Waals surface area contributed by atoms with Crippen LogP contribution in [-0.4, -0.2) is 6.61 Å². The summed E-state index contributed by atoms with van der Waals surface area (Å²) < 4.78 is 34.0. The SMILES string of the molecule is CCCC[CH]CCC(C)c1ccc(OCCCCCCC)c(F)c1F. The highest BCUT2D eigenvalue weighted by molar-refractivity contribution is 5.32. The Labute approximate surface area is 153 Å². The zero-order valence-electron chi connectivity index (χ0n) is 16.3. The fourth-order valence-corrected chi connectivity index (χ4v) is 2.94. The van der Waals surface area contributed by atoms with Gasteiger partial charge in [-0.15, -0.1) is 0 Å². The topological polar surface area (TPSA) is 9.23 Å². The van der Waals surface area contributed by atoms with Crippen molar-refractivity contribution in [2.45, 2.75) is 90.9 Å². The molecular weight excluding hydrogens is 318 g/mol. The Kier molecular flexibility index (Phi) is 11.5. The fraction of sp³-hybridized carbons (Fsp3) is 0.682. The van der Waals surface area contributed by atoms with E-state index in [4.69, 9.17) is 4.74 Å². The average Bonchev–Trinajstić information content (AvgIpc) is 2.61. The zero-order chi connectivity index (χ0) is 18.5. The van der Waals surface area contributed by atoms with Crippen LogP contribution in [0.2, 0.25) is 0 Å². The van der Waals surface area contributed by atoms with Crippen molar-refractivity contribution < 1.29 is 13.5 Å². The van der Waals surface area contributed by atoms with Crippen LogP contribution in [0.3, 0.4) is 0 Å². The summed E-state index contributed by atoms with van der Waals surface area (Å²) in [6, 6.07) is 3.26. The van der Waals surface area contributed by atoms with E-state index in [2.05, 4.69) is 20.3 Å². The van der Waals surface area contributed by atoms with Gasteiger partial charge in [-0.1, -0.05) is 71.8 Å². The van der Waals surface area contributed by atoms with Gasteiger partial charge in [-0.05, 0) is 43.2 Å². The lowest BCUT2D eigenvalue weighted by molar-refractivity contribution is 0.284. The second-order valence-electron chi connectivity index (χ2n) is 6.95. The van der Waals surface area contributed by atoms with E-state index in [0.717, 1.165) is 32.1 Å². The first-order valence-corrected chi connectivity index (χ1v) is 10.0. The van der Waals surface area contributed by atoms with Gasteiger partial charge in [0.25, 0.3) is 0 Å². The molecule has 0 saturated heterocycles. The molecule has 1 radical (unpaired) electrons. The van der Waals surface area contributed by atoms with Crippen LogP contribution in [0, 0.1) is 18.1 Å². The third-order valence-electron chi connectivity index (χ3n) is 4.68. The van der Waals surface area contributed by atoms with Gasteiger partial charge in [0.05, 0.1) is 6.61 Å². The first kappa shape index (κ1) is 21.9. The first-order valence-electron chi connectivity index (χ1n) is 10.0. The lowest BCUT2D eigenvalue weighted by atomic mass is 9.94. The Balaban J connectivity index is 2.46. The number of ether oxygens (including phenoxy) is 1. The molecule has 1 unspecified atom stereocenters. The summed E-state index contributed by atoms with van der Waals surface area (Å²) >= 11 is 0. The lowest BCUT2D eigenvalue weighted by Gasteiger charge is -2.15. The Bertz CT molecular complexity index is 473. The molecule has 0 amide bonds. The molecule has 1 aromatic carbocycles. The van der Waals surface area contributed by atoms with Gasteiger partial charge in [-0.3, -0.25) is 0 Å². The van der Waals surface area contributed by atoms with Crippen molar-refractivity contribution in [2.24, 2.45) is 0 Å². The molecule has 0 aliphatic rings. The molecule has 0 saturated carbocycles. The Morgan fingerprint density at radius 2 is 1.64 bits per heavy atom. The molecule has 0 aliphatic heterocycles. The Morgan fingerprint density at radius 3 is 2.36 bits per heavy atom. The van der Waals surface area contributed by atoms with E-state index in [9.17, 15) is 8.78 Å². The highest BCUT2D eigenvalue weighted by atomic mass is 19.2. The van der Waals surface area contributed by atoms with Crippen LogP contribution in [0.4, 0.5) is 8.78 Å². The Hall–Kier alpha value is -1.12. The molecule has 0 aromatic heterocycles. The lowest BCUT2D eigenvalue weighted by Crippen LogP contribution is -2.05. The zero-order valence-corrected chi connectivity index (χ0v) is 16.3. The van der Waals surface area contributed by atoms with Crippen LogP contribution in [0.25, 0.3) is 0 Å². The minimum atomic E-state index is -0.840. The summed E-state index contributed by atoms with van der Waals surface area (Å²) in [6.45, 7) is 6.74. The van der Waals surface area contributed by atoms with Gasteiger partial charge in [0.2, 0.25) is 5.82 Å². The van der Waals surface area contributed by atoms with E-state index in [1.807, 2.05) is 6.92 Å². The van der Waals surface area contributed by atoms with Gasteiger partial charge >= 0.3 is 0 Å². The third kappa shape index (κ3) is 8.20. The maximum absolute atomic E-state index is 14.4. The van der Waals surface area contributed by atoms with E-state index in [-0.39, 0.29) is 11.7 Å². The first-order chi connectivity index (χ1) is 12.1. The van der Waals surface area contributed by atoms with Gasteiger partial charge in [-0.25, -0.2) is 4.39 Å². The predicted molar refractivity (Wildman–Crippen MR) is 102 cm³/mol. The number of unbranched alkanes of at least 4 members (excludes halogenated alkanes) is 8. The van der Waals surface area contributed by atoms with Crippen molar-refractivity contribution in [3.05, 3.63) is 35.8 Å². The fourth-order valence-electron chi connectivity index (χ4n) is 2.94. The summed E-state index contributed by atoms with van der Waals surface area (Å²) in [6.07, 6.45) is 13.1. The van der Waals surface area contributed by atoms with Crippen LogP contribution >= 0.6 is 0 Å². The second kappa shape index (κ2) is 13.1. The smallest absolute Gasteiger partial charge is 0.200 e. The minimum Gasteiger partial charge on any atom is -0.490 e. The normalized spacial score (nSPS) is 12.4. The predicted octanol–water partition coefficient (Wildman–Crippen LogP) is 7.59. The van der Waals surface area contributed by atoms with Crippen molar-refractivity contribution in [1.82, 2.24) is 0 Å². The summed E-state index contributed by atoms with van der Waals surface area (Å²) in [5.74, 6) is -1.54. The van der Waals surface area contributed by atoms with Crippen LogP contribution in [0.5, 0.6) is 5.75 Å². The summed E-state index contributed by atoms with van der Waals surface area (Å²) in [5, 5.41) is 0. The molecule has 0 bridgehead atoms. The van der Waals surface area contributed by atoms with E-state index in [1.165, 1.54) is 32.1 Å². The molecule has 0 aliphatic carbocycles. The third-order valence-corrected chi connectivity index (χ3v) is 4.68. The molecule has 0 heterocycles. The van der Waals surface area contributed by atoms with E-state index >= 15 is 0 Å². The maximum atomic E-state index is 14.4. The van der Waals surface area contributed by atoms with Crippen molar-refractivity contribution >= 4 is 0 Å². The molecule has 1 rings (SSSR count). The van der Waals surface area contributed by atoms with E-state index in [1.54, 1.807) is 12.1 Å². The van der Waals surface area contributed by atoms with Crippen LogP contribution in [0.1, 0.15) is 96.5 Å². The number of benzene rings is 1. The maximum Gasteiger partial charge on any atom is 0.200 e. The van der Waals surface area contributed by atoms with E-state index in [0.29, 0.717) is 12.2 Å². The number of rotatable bonds is 14. The standard InChI is InChI=1S/C22H35F2O/c1-4-6-8-10-12-14-18(3)19-15-16-20(22(24)21(19)23)25-17-13-11-9-7-5-2/h10,15-16,18H,4-9,11-14,17H2,1-3H3. The molecule has 1 atom stereocenters.